The SMILES string of the molecule is CC=Cc1ccc(OCC(O)CN2CCN(c3ncccn3)CC2)c(OC)c1. The summed E-state index contributed by atoms with van der Waals surface area (Å²) in [5.41, 5.74) is 1.05. The largest absolute Gasteiger partial charge is 0.493 e. The van der Waals surface area contributed by atoms with Gasteiger partial charge >= 0.3 is 0 Å². The Morgan fingerprint density at radius 2 is 1.89 bits per heavy atom. The highest BCUT2D eigenvalue weighted by atomic mass is 16.5. The van der Waals surface area contributed by atoms with E-state index in [9.17, 15) is 5.11 Å². The van der Waals surface area contributed by atoms with Crippen molar-refractivity contribution in [2.24, 2.45) is 0 Å². The lowest BCUT2D eigenvalue weighted by molar-refractivity contribution is 0.0652. The number of hydrogen-bond donors (Lipinski definition) is 1. The fourth-order valence-corrected chi connectivity index (χ4v) is 3.22. The van der Waals surface area contributed by atoms with Crippen LogP contribution in [0.5, 0.6) is 11.5 Å². The molecule has 1 aliphatic heterocycles. The van der Waals surface area contributed by atoms with Gasteiger partial charge in [0.1, 0.15) is 12.7 Å². The standard InChI is InChI=1S/C21H28N4O3/c1-3-5-17-6-7-19(20(14-17)27-2)28-16-18(26)15-24-10-12-25(13-11-24)21-22-8-4-9-23-21/h3-9,14,18,26H,10-13,15-16H2,1-2H3. The number of hydrogen-bond acceptors (Lipinski definition) is 7. The minimum Gasteiger partial charge on any atom is -0.493 e. The number of ether oxygens (including phenoxy) is 2. The lowest BCUT2D eigenvalue weighted by atomic mass is 10.2. The minimum atomic E-state index is -0.570. The maximum Gasteiger partial charge on any atom is 0.225 e. The van der Waals surface area contributed by atoms with Crippen LogP contribution in [0.2, 0.25) is 0 Å². The predicted octanol–water partition coefficient (Wildman–Crippen LogP) is 2.08. The van der Waals surface area contributed by atoms with Gasteiger partial charge < -0.3 is 19.5 Å². The quantitative estimate of drug-likeness (QED) is 0.747. The Morgan fingerprint density at radius 1 is 1.14 bits per heavy atom. The summed E-state index contributed by atoms with van der Waals surface area (Å²) in [4.78, 5) is 13.0. The van der Waals surface area contributed by atoms with Gasteiger partial charge in [0.05, 0.1) is 7.11 Å². The Morgan fingerprint density at radius 3 is 2.57 bits per heavy atom. The van der Waals surface area contributed by atoms with Crippen LogP contribution in [0.15, 0.2) is 42.7 Å². The van der Waals surface area contributed by atoms with E-state index >= 15 is 0 Å². The normalized spacial score (nSPS) is 16.3. The molecule has 28 heavy (non-hydrogen) atoms. The molecule has 0 spiro atoms. The van der Waals surface area contributed by atoms with Crippen LogP contribution in [0.1, 0.15) is 12.5 Å². The van der Waals surface area contributed by atoms with Crippen LogP contribution in [0.3, 0.4) is 0 Å². The van der Waals surface area contributed by atoms with Gasteiger partial charge in [-0.15, -0.1) is 0 Å². The number of benzene rings is 1. The van der Waals surface area contributed by atoms with Crippen molar-refractivity contribution in [1.29, 1.82) is 0 Å². The molecule has 0 aliphatic carbocycles. The molecule has 2 heterocycles. The first-order valence-corrected chi connectivity index (χ1v) is 9.55. The van der Waals surface area contributed by atoms with E-state index in [1.807, 2.05) is 43.3 Å². The van der Waals surface area contributed by atoms with Gasteiger partial charge in [0, 0.05) is 45.1 Å². The van der Waals surface area contributed by atoms with Crippen molar-refractivity contribution in [3.8, 4) is 11.5 Å². The smallest absolute Gasteiger partial charge is 0.225 e. The molecule has 1 aromatic heterocycles. The van der Waals surface area contributed by atoms with Crippen molar-refractivity contribution in [3.63, 3.8) is 0 Å². The summed E-state index contributed by atoms with van der Waals surface area (Å²) in [5.74, 6) is 2.07. The van der Waals surface area contributed by atoms with Gasteiger partial charge in [0.25, 0.3) is 0 Å². The fourth-order valence-electron chi connectivity index (χ4n) is 3.22. The highest BCUT2D eigenvalue weighted by Gasteiger charge is 2.21. The molecule has 3 rings (SSSR count). The van der Waals surface area contributed by atoms with E-state index in [2.05, 4.69) is 19.8 Å². The van der Waals surface area contributed by atoms with E-state index in [0.29, 0.717) is 18.0 Å². The third kappa shape index (κ3) is 5.43. The summed E-state index contributed by atoms with van der Waals surface area (Å²) in [6, 6.07) is 7.58. The van der Waals surface area contributed by atoms with Crippen LogP contribution >= 0.6 is 0 Å². The van der Waals surface area contributed by atoms with E-state index in [0.717, 1.165) is 37.7 Å². The summed E-state index contributed by atoms with van der Waals surface area (Å²) < 4.78 is 11.2. The Kier molecular flexibility index (Phi) is 7.22. The molecular formula is C21H28N4O3. The molecule has 2 aromatic rings. The maximum atomic E-state index is 10.4. The fraction of sp³-hybridized carbons (Fsp3) is 0.429. The average molecular weight is 384 g/mol. The second-order valence-electron chi connectivity index (χ2n) is 6.71. The number of rotatable bonds is 8. The molecule has 1 aromatic carbocycles. The van der Waals surface area contributed by atoms with E-state index in [1.165, 1.54) is 0 Å². The summed E-state index contributed by atoms with van der Waals surface area (Å²) in [6.45, 7) is 6.17. The lowest BCUT2D eigenvalue weighted by Gasteiger charge is -2.35. The van der Waals surface area contributed by atoms with Crippen LogP contribution in [-0.4, -0.2) is 72.5 Å². The van der Waals surface area contributed by atoms with Crippen LogP contribution in [-0.2, 0) is 0 Å². The molecule has 0 radical (unpaired) electrons. The van der Waals surface area contributed by atoms with Crippen molar-refractivity contribution in [2.75, 3.05) is 51.3 Å². The van der Waals surface area contributed by atoms with E-state index in [-0.39, 0.29) is 6.61 Å². The minimum absolute atomic E-state index is 0.224. The Bertz CT molecular complexity index is 762. The van der Waals surface area contributed by atoms with Crippen molar-refractivity contribution in [3.05, 3.63) is 48.3 Å². The zero-order valence-corrected chi connectivity index (χ0v) is 16.5. The first kappa shape index (κ1) is 20.1. The molecule has 0 bridgehead atoms. The van der Waals surface area contributed by atoms with Gasteiger partial charge in [-0.1, -0.05) is 18.2 Å². The molecule has 1 unspecified atom stereocenters. The van der Waals surface area contributed by atoms with Crippen LogP contribution in [0, 0.1) is 0 Å². The molecule has 1 fully saturated rings. The highest BCUT2D eigenvalue weighted by Crippen LogP contribution is 2.28. The van der Waals surface area contributed by atoms with E-state index in [1.54, 1.807) is 19.5 Å². The number of allylic oxidation sites excluding steroid dienone is 1. The number of nitrogens with zero attached hydrogens (tertiary/aromatic N) is 4. The molecule has 7 heteroatoms. The number of anilines is 1. The Balaban J connectivity index is 1.46. The van der Waals surface area contributed by atoms with Gasteiger partial charge in [-0.05, 0) is 30.7 Å². The number of piperazine rings is 1. The number of aromatic nitrogens is 2. The zero-order chi connectivity index (χ0) is 19.8. The highest BCUT2D eigenvalue weighted by molar-refractivity contribution is 5.55. The number of β-amino-alcohol motifs (C(OH)–C–C–N with tert-alkyl or cyclic N) is 1. The second-order valence-corrected chi connectivity index (χ2v) is 6.71. The molecule has 150 valence electrons. The average Bonchev–Trinajstić information content (AvgIpc) is 2.74. The monoisotopic (exact) mass is 384 g/mol. The lowest BCUT2D eigenvalue weighted by Crippen LogP contribution is -2.49. The van der Waals surface area contributed by atoms with Crippen molar-refractivity contribution < 1.29 is 14.6 Å². The van der Waals surface area contributed by atoms with Crippen LogP contribution in [0.25, 0.3) is 6.08 Å². The van der Waals surface area contributed by atoms with Gasteiger partial charge in [-0.25, -0.2) is 9.97 Å². The molecule has 1 saturated heterocycles. The topological polar surface area (TPSA) is 71.0 Å². The number of methoxy groups -OCH3 is 1. The van der Waals surface area contributed by atoms with Gasteiger partial charge in [0.2, 0.25) is 5.95 Å². The molecule has 1 atom stereocenters. The molecular weight excluding hydrogens is 356 g/mol. The van der Waals surface area contributed by atoms with E-state index < -0.39 is 6.10 Å². The molecule has 1 N–H and O–H groups in total. The summed E-state index contributed by atoms with van der Waals surface area (Å²) >= 11 is 0. The number of aliphatic hydroxyl groups is 1. The first-order chi connectivity index (χ1) is 13.7. The van der Waals surface area contributed by atoms with Gasteiger partial charge in [-0.3, -0.25) is 4.90 Å². The number of aliphatic hydroxyl groups excluding tert-OH is 1. The van der Waals surface area contributed by atoms with Crippen molar-refractivity contribution >= 4 is 12.0 Å². The molecule has 1 aliphatic rings. The maximum absolute atomic E-state index is 10.4. The molecule has 7 nitrogen and oxygen atoms in total. The summed E-state index contributed by atoms with van der Waals surface area (Å²) in [6.07, 6.45) is 6.92. The van der Waals surface area contributed by atoms with Gasteiger partial charge in [-0.2, -0.15) is 0 Å². The molecule has 0 amide bonds. The zero-order valence-electron chi connectivity index (χ0n) is 16.5. The third-order valence-electron chi connectivity index (χ3n) is 4.65. The van der Waals surface area contributed by atoms with Crippen molar-refractivity contribution in [2.45, 2.75) is 13.0 Å². The van der Waals surface area contributed by atoms with Crippen molar-refractivity contribution in [1.82, 2.24) is 14.9 Å². The van der Waals surface area contributed by atoms with E-state index in [4.69, 9.17) is 9.47 Å². The summed E-state index contributed by atoms with van der Waals surface area (Å²) in [5, 5.41) is 10.4. The third-order valence-corrected chi connectivity index (χ3v) is 4.65. The van der Waals surface area contributed by atoms with Crippen LogP contribution in [0.4, 0.5) is 5.95 Å². The Labute approximate surface area is 166 Å². The Hall–Kier alpha value is -2.64. The van der Waals surface area contributed by atoms with Gasteiger partial charge in [0.15, 0.2) is 11.5 Å². The molecule has 0 saturated carbocycles. The second kappa shape index (κ2) is 10.1. The van der Waals surface area contributed by atoms with Crippen LogP contribution < -0.4 is 14.4 Å². The summed E-state index contributed by atoms with van der Waals surface area (Å²) in [7, 11) is 1.62. The predicted molar refractivity (Wildman–Crippen MR) is 110 cm³/mol. The first-order valence-electron chi connectivity index (χ1n) is 9.55.